The van der Waals surface area contributed by atoms with Crippen LogP contribution >= 0.6 is 0 Å². The molecule has 6 aliphatic carbocycles. The second-order valence-electron chi connectivity index (χ2n) is 21.9. The van der Waals surface area contributed by atoms with Crippen LogP contribution in [0, 0.1) is 62.6 Å². The van der Waals surface area contributed by atoms with Crippen molar-refractivity contribution in [2.24, 2.45) is 62.6 Å². The number of allylic oxidation sites excluding steroid dienone is 2. The summed E-state index contributed by atoms with van der Waals surface area (Å²) in [6.07, 6.45) is 14.3. The van der Waals surface area contributed by atoms with Gasteiger partial charge >= 0.3 is 11.9 Å². The average molecular weight is 793 g/mol. The van der Waals surface area contributed by atoms with Crippen LogP contribution in [-0.4, -0.2) is 76.7 Å². The first-order valence-electron chi connectivity index (χ1n) is 22.5. The van der Waals surface area contributed by atoms with Crippen molar-refractivity contribution in [3.05, 3.63) is 11.1 Å². The lowest BCUT2D eigenvalue weighted by atomic mass is 9.36. The number of ketones is 1. The highest BCUT2D eigenvalue weighted by atomic mass is 16.5. The van der Waals surface area contributed by atoms with Crippen molar-refractivity contribution in [1.29, 1.82) is 0 Å². The molecule has 7 aliphatic rings. The Morgan fingerprint density at radius 1 is 0.912 bits per heavy atom. The molecule has 5 saturated carbocycles. The van der Waals surface area contributed by atoms with E-state index in [1.165, 1.54) is 12.0 Å². The zero-order valence-electron chi connectivity index (χ0n) is 36.0. The first-order chi connectivity index (χ1) is 26.2. The second kappa shape index (κ2) is 15.7. The normalized spacial score (nSPS) is 36.1. The highest BCUT2D eigenvalue weighted by Crippen LogP contribution is 2.73. The number of rotatable bonds is 12. The van der Waals surface area contributed by atoms with E-state index >= 15 is 0 Å². The highest BCUT2D eigenvalue weighted by molar-refractivity contribution is 6.00. The Hall–Kier alpha value is -2.71. The molecule has 0 bridgehead atoms. The van der Waals surface area contributed by atoms with Crippen LogP contribution in [0.5, 0.6) is 0 Å². The Morgan fingerprint density at radius 3 is 2.23 bits per heavy atom. The number of esters is 1. The minimum absolute atomic E-state index is 0. The summed E-state index contributed by atoms with van der Waals surface area (Å²) in [6.45, 7) is 19.5. The van der Waals surface area contributed by atoms with Crippen molar-refractivity contribution in [1.82, 2.24) is 9.80 Å². The van der Waals surface area contributed by atoms with Gasteiger partial charge in [0.05, 0.1) is 18.4 Å². The average Bonchev–Trinajstić information content (AvgIpc) is 3.63. The van der Waals surface area contributed by atoms with Crippen LogP contribution in [0.25, 0.3) is 0 Å². The number of carboxylic acid groups (broad SMARTS) is 1. The molecule has 6 fully saturated rings. The van der Waals surface area contributed by atoms with Gasteiger partial charge in [-0.15, -0.1) is 0 Å². The molecule has 1 N–H and O–H groups in total. The third-order valence-electron chi connectivity index (χ3n) is 17.5. The van der Waals surface area contributed by atoms with Crippen LogP contribution in [0.2, 0.25) is 0 Å². The number of nitrogens with zero attached hydrogens (tertiary/aromatic N) is 2. The van der Waals surface area contributed by atoms with E-state index in [0.717, 1.165) is 89.2 Å². The van der Waals surface area contributed by atoms with Crippen LogP contribution in [0.1, 0.15) is 166 Å². The number of carbonyl (C=O) groups excluding carboxylic acids is 4. The Kier molecular flexibility index (Phi) is 12.1. The van der Waals surface area contributed by atoms with E-state index < -0.39 is 17.4 Å². The summed E-state index contributed by atoms with van der Waals surface area (Å²) in [5.74, 6) is 1.63. The van der Waals surface area contributed by atoms with Crippen molar-refractivity contribution in [3.8, 4) is 0 Å². The molecule has 320 valence electrons. The molecule has 0 aromatic rings. The van der Waals surface area contributed by atoms with Gasteiger partial charge in [-0.25, -0.2) is 0 Å². The minimum Gasteiger partial charge on any atom is -0.481 e. The van der Waals surface area contributed by atoms with Crippen molar-refractivity contribution in [2.75, 3.05) is 26.2 Å². The Labute approximate surface area is 343 Å². The van der Waals surface area contributed by atoms with E-state index in [1.54, 1.807) is 18.7 Å². The van der Waals surface area contributed by atoms with Gasteiger partial charge in [-0.05, 0) is 143 Å². The highest BCUT2D eigenvalue weighted by Gasteiger charge is 2.66. The Morgan fingerprint density at radius 2 is 1.61 bits per heavy atom. The van der Waals surface area contributed by atoms with Gasteiger partial charge in [0, 0.05) is 43.3 Å². The standard InChI is InChI=1S/C47H72N2O7.CH4/c1-29(2)40-33(50)25-47(22-24-49(27-30-11-9-12-30)38(52)28-48-23-10-13-37(48)51)21-16-32-31(41(40)47)14-15-35-45(32,7)19-17-34-44(5,6)36(18-20-46(34,35)8)56-39(53)26-43(3,4)42(54)55;/h29-32,34-36H,9-28H2,1-8H3,(H,54,55);1H4. The molecule has 0 aromatic carbocycles. The van der Waals surface area contributed by atoms with E-state index in [0.29, 0.717) is 61.3 Å². The number of carboxylic acids is 1. The maximum Gasteiger partial charge on any atom is 0.309 e. The van der Waals surface area contributed by atoms with E-state index in [9.17, 15) is 29.1 Å². The largest absolute Gasteiger partial charge is 0.481 e. The minimum atomic E-state index is -1.16. The van der Waals surface area contributed by atoms with Gasteiger partial charge < -0.3 is 19.6 Å². The van der Waals surface area contributed by atoms with E-state index in [1.807, 2.05) is 0 Å². The molecule has 9 heteroatoms. The molecular formula is C48H76N2O7. The first kappa shape index (κ1) is 43.9. The number of likely N-dealkylation sites (tertiary alicyclic amines) is 1. The molecule has 8 unspecified atom stereocenters. The predicted octanol–water partition coefficient (Wildman–Crippen LogP) is 9.27. The molecule has 9 nitrogen and oxygen atoms in total. The topological polar surface area (TPSA) is 121 Å². The van der Waals surface area contributed by atoms with Crippen LogP contribution in [0.15, 0.2) is 11.1 Å². The van der Waals surface area contributed by atoms with Crippen molar-refractivity contribution in [3.63, 3.8) is 0 Å². The van der Waals surface area contributed by atoms with E-state index in [4.69, 9.17) is 4.74 Å². The lowest BCUT2D eigenvalue weighted by Crippen LogP contribution is -2.63. The number of ether oxygens (including phenoxy) is 1. The van der Waals surface area contributed by atoms with Gasteiger partial charge in [-0.3, -0.25) is 24.0 Å². The molecule has 7 rings (SSSR count). The summed E-state index contributed by atoms with van der Waals surface area (Å²) < 4.78 is 6.18. The molecule has 0 radical (unpaired) electrons. The fourth-order valence-electron chi connectivity index (χ4n) is 14.3. The summed E-state index contributed by atoms with van der Waals surface area (Å²) in [5, 5.41) is 9.63. The molecular weight excluding hydrogens is 717 g/mol. The Bertz CT molecular complexity index is 1640. The summed E-state index contributed by atoms with van der Waals surface area (Å²) in [6, 6.07) is 0. The summed E-state index contributed by atoms with van der Waals surface area (Å²) in [7, 11) is 0. The molecule has 0 spiro atoms. The van der Waals surface area contributed by atoms with Gasteiger partial charge in [-0.2, -0.15) is 0 Å². The van der Waals surface area contributed by atoms with Crippen molar-refractivity contribution in [2.45, 2.75) is 172 Å². The van der Waals surface area contributed by atoms with Crippen LogP contribution in [-0.2, 0) is 28.7 Å². The number of fused-ring (bicyclic) bond motifs is 7. The number of Topliss-reactive ketones (excluding diaryl/α,β-unsaturated/α-hetero) is 1. The van der Waals surface area contributed by atoms with Crippen LogP contribution < -0.4 is 0 Å². The van der Waals surface area contributed by atoms with Gasteiger partial charge in [0.1, 0.15) is 6.10 Å². The summed E-state index contributed by atoms with van der Waals surface area (Å²) in [5.41, 5.74) is 1.21. The zero-order chi connectivity index (χ0) is 40.6. The van der Waals surface area contributed by atoms with Crippen LogP contribution in [0.3, 0.4) is 0 Å². The van der Waals surface area contributed by atoms with Crippen LogP contribution in [0.4, 0.5) is 0 Å². The van der Waals surface area contributed by atoms with Gasteiger partial charge in [-0.1, -0.05) is 61.0 Å². The number of aliphatic carboxylic acids is 1. The van der Waals surface area contributed by atoms with E-state index in [2.05, 4.69) is 46.4 Å². The third kappa shape index (κ3) is 7.55. The summed E-state index contributed by atoms with van der Waals surface area (Å²) in [4.78, 5) is 69.3. The van der Waals surface area contributed by atoms with Crippen molar-refractivity contribution < 1.29 is 33.8 Å². The smallest absolute Gasteiger partial charge is 0.309 e. The molecule has 57 heavy (non-hydrogen) atoms. The van der Waals surface area contributed by atoms with Gasteiger partial charge in [0.15, 0.2) is 5.78 Å². The molecule has 0 aromatic heterocycles. The Balaban J connectivity index is 0.00000549. The van der Waals surface area contributed by atoms with Crippen molar-refractivity contribution >= 4 is 29.5 Å². The fourth-order valence-corrected chi connectivity index (χ4v) is 14.3. The third-order valence-corrected chi connectivity index (χ3v) is 17.5. The lowest BCUT2D eigenvalue weighted by Gasteiger charge is -2.69. The molecule has 2 amide bonds. The molecule has 1 saturated heterocycles. The summed E-state index contributed by atoms with van der Waals surface area (Å²) >= 11 is 0. The number of hydrogen-bond acceptors (Lipinski definition) is 6. The number of amides is 2. The SMILES string of the molecule is C.CC(C)C1=C2C3CCC4C(C)(CCC5C(C)(C)C(OC(=O)CC(C)(C)C(=O)O)CCC54C)C3CCC2(CCN(CC2CCC2)C(=O)CN2CCCC2=O)CC1=O. The first-order valence-corrected chi connectivity index (χ1v) is 22.5. The second-order valence-corrected chi connectivity index (χ2v) is 21.9. The van der Waals surface area contributed by atoms with Gasteiger partial charge in [0.2, 0.25) is 11.8 Å². The molecule has 8 atom stereocenters. The fraction of sp³-hybridized carbons (Fsp3) is 0.854. The maximum atomic E-state index is 14.2. The van der Waals surface area contributed by atoms with Gasteiger partial charge in [0.25, 0.3) is 0 Å². The molecule has 1 heterocycles. The number of hydrogen-bond donors (Lipinski definition) is 1. The number of carbonyl (C=O) groups is 5. The zero-order valence-corrected chi connectivity index (χ0v) is 36.0. The predicted molar refractivity (Wildman–Crippen MR) is 222 cm³/mol. The quantitative estimate of drug-likeness (QED) is 0.196. The monoisotopic (exact) mass is 793 g/mol. The maximum absolute atomic E-state index is 14.2. The van der Waals surface area contributed by atoms with E-state index in [-0.39, 0.29) is 65.9 Å². The lowest BCUT2D eigenvalue weighted by molar-refractivity contribution is -0.214. The molecule has 1 aliphatic heterocycles.